The molecule has 4 rings (SSSR count). The molecule has 0 spiro atoms. The topological polar surface area (TPSA) is 108 Å². The fourth-order valence-corrected chi connectivity index (χ4v) is 3.47. The third-order valence-electron chi connectivity index (χ3n) is 4.42. The third-order valence-corrected chi connectivity index (χ3v) is 4.97. The molecular formula is C21H15Cl2N7O. The van der Waals surface area contributed by atoms with Crippen LogP contribution in [0.2, 0.25) is 10.0 Å². The Morgan fingerprint density at radius 1 is 1.13 bits per heavy atom. The maximum absolute atomic E-state index is 11.2. The second kappa shape index (κ2) is 9.00. The normalized spacial score (nSPS) is 10.6. The zero-order chi connectivity index (χ0) is 21.8. The van der Waals surface area contributed by atoms with Crippen LogP contribution >= 0.6 is 23.2 Å². The molecule has 154 valence electrons. The van der Waals surface area contributed by atoms with Gasteiger partial charge in [-0.2, -0.15) is 10.4 Å². The number of pyridine rings is 1. The molecular weight excluding hydrogens is 437 g/mol. The Kier molecular flexibility index (Phi) is 5.98. The Morgan fingerprint density at radius 3 is 2.68 bits per heavy atom. The third kappa shape index (κ3) is 4.58. The number of nitriles is 1. The molecule has 8 nitrogen and oxygen atoms in total. The van der Waals surface area contributed by atoms with E-state index >= 15 is 0 Å². The van der Waals surface area contributed by atoms with Crippen molar-refractivity contribution in [2.45, 2.75) is 0 Å². The smallest absolute Gasteiger partial charge is 0.170 e. The van der Waals surface area contributed by atoms with E-state index in [0.717, 1.165) is 0 Å². The molecule has 0 aliphatic rings. The monoisotopic (exact) mass is 451 g/mol. The van der Waals surface area contributed by atoms with Gasteiger partial charge in [0.15, 0.2) is 12.1 Å². The van der Waals surface area contributed by atoms with Gasteiger partial charge in [-0.15, -0.1) is 0 Å². The summed E-state index contributed by atoms with van der Waals surface area (Å²) < 4.78 is 1.59. The lowest BCUT2D eigenvalue weighted by atomic mass is 10.1. The van der Waals surface area contributed by atoms with Crippen molar-refractivity contribution in [1.29, 1.82) is 5.26 Å². The zero-order valence-electron chi connectivity index (χ0n) is 16.0. The number of aromatic nitrogens is 4. The number of carbonyl (C=O) groups is 1. The number of anilines is 2. The van der Waals surface area contributed by atoms with E-state index in [1.807, 2.05) is 6.07 Å². The van der Waals surface area contributed by atoms with Crippen molar-refractivity contribution >= 4 is 46.6 Å². The predicted molar refractivity (Wildman–Crippen MR) is 120 cm³/mol. The van der Waals surface area contributed by atoms with E-state index in [4.69, 9.17) is 28.5 Å². The molecule has 10 heteroatoms. The first kappa shape index (κ1) is 20.6. The largest absolute Gasteiger partial charge is 0.368 e. The Hall–Kier alpha value is -3.67. The van der Waals surface area contributed by atoms with Crippen LogP contribution in [0, 0.1) is 11.3 Å². The Bertz CT molecular complexity index is 1300. The van der Waals surface area contributed by atoms with Crippen LogP contribution in [0.3, 0.4) is 0 Å². The molecule has 0 aliphatic heterocycles. The number of nitrogens with zero attached hydrogens (tertiary/aromatic N) is 5. The van der Waals surface area contributed by atoms with Crippen molar-refractivity contribution in [3.05, 3.63) is 70.1 Å². The van der Waals surface area contributed by atoms with Gasteiger partial charge in [-0.1, -0.05) is 23.2 Å². The van der Waals surface area contributed by atoms with Gasteiger partial charge in [0.05, 0.1) is 22.5 Å². The van der Waals surface area contributed by atoms with Crippen molar-refractivity contribution in [3.8, 4) is 17.3 Å². The number of hydrogen-bond acceptors (Lipinski definition) is 7. The highest BCUT2D eigenvalue weighted by atomic mass is 35.5. The minimum Gasteiger partial charge on any atom is -0.368 e. The number of carbonyl (C=O) groups excluding carboxylic acids is 1. The molecule has 0 saturated carbocycles. The van der Waals surface area contributed by atoms with E-state index < -0.39 is 0 Å². The van der Waals surface area contributed by atoms with Gasteiger partial charge in [-0.25, -0.2) is 14.5 Å². The molecule has 1 aromatic carbocycles. The molecule has 2 N–H and O–H groups in total. The number of nitrogens with one attached hydrogen (secondary N) is 2. The van der Waals surface area contributed by atoms with Crippen molar-refractivity contribution in [3.63, 3.8) is 0 Å². The molecule has 3 aromatic heterocycles. The first-order valence-electron chi connectivity index (χ1n) is 9.22. The lowest BCUT2D eigenvalue weighted by molar-refractivity contribution is 0.111. The highest BCUT2D eigenvalue weighted by molar-refractivity contribution is 6.36. The summed E-state index contributed by atoms with van der Waals surface area (Å²) in [6.07, 6.45) is 3.90. The van der Waals surface area contributed by atoms with Crippen LogP contribution in [-0.2, 0) is 0 Å². The maximum atomic E-state index is 11.2. The molecule has 0 saturated heterocycles. The fraction of sp³-hybridized carbons (Fsp3) is 0.0952. The summed E-state index contributed by atoms with van der Waals surface area (Å²) in [6.45, 7) is 1.07. The SMILES string of the molecule is N#Cc1ccc(NCCNc2nc(-c3ccc(Cl)cc3Cl)cn3nc(C=O)cc23)nc1. The zero-order valence-corrected chi connectivity index (χ0v) is 17.5. The van der Waals surface area contributed by atoms with E-state index in [9.17, 15) is 4.79 Å². The molecule has 3 heterocycles. The van der Waals surface area contributed by atoms with E-state index in [1.165, 1.54) is 6.20 Å². The van der Waals surface area contributed by atoms with Crippen molar-refractivity contribution in [2.24, 2.45) is 0 Å². The van der Waals surface area contributed by atoms with Gasteiger partial charge >= 0.3 is 0 Å². The second-order valence-corrected chi connectivity index (χ2v) is 7.36. The number of rotatable bonds is 7. The van der Waals surface area contributed by atoms with Gasteiger partial charge in [0.1, 0.15) is 23.1 Å². The number of halogens is 2. The fourth-order valence-electron chi connectivity index (χ4n) is 2.96. The quantitative estimate of drug-likeness (QED) is 0.318. The van der Waals surface area contributed by atoms with Crippen molar-refractivity contribution in [2.75, 3.05) is 23.7 Å². The molecule has 31 heavy (non-hydrogen) atoms. The van der Waals surface area contributed by atoms with Gasteiger partial charge in [-0.3, -0.25) is 4.79 Å². The standard InChI is InChI=1S/C21H15Cl2N7O/c22-14-2-3-16(17(23)7-14)18-11-30-19(8-15(12-31)29-30)21(28-18)26-6-5-25-20-4-1-13(9-24)10-27-20/h1-4,7-8,10-12H,5-6H2,(H,25,27)(H,26,28). The minimum atomic E-state index is 0.295. The molecule has 0 unspecified atom stereocenters. The summed E-state index contributed by atoms with van der Waals surface area (Å²) in [5, 5.41) is 20.5. The van der Waals surface area contributed by atoms with Gasteiger partial charge in [-0.05, 0) is 36.4 Å². The second-order valence-electron chi connectivity index (χ2n) is 6.51. The molecule has 0 radical (unpaired) electrons. The number of hydrogen-bond donors (Lipinski definition) is 2. The summed E-state index contributed by atoms with van der Waals surface area (Å²) in [5.74, 6) is 1.21. The summed E-state index contributed by atoms with van der Waals surface area (Å²) in [5.41, 5.74) is 2.73. The highest BCUT2D eigenvalue weighted by Crippen LogP contribution is 2.31. The molecule has 0 bridgehead atoms. The predicted octanol–water partition coefficient (Wildman–Crippen LogP) is 4.31. The summed E-state index contributed by atoms with van der Waals surface area (Å²) >= 11 is 12.4. The highest BCUT2D eigenvalue weighted by Gasteiger charge is 2.13. The average molecular weight is 452 g/mol. The average Bonchev–Trinajstić information content (AvgIpc) is 3.20. The summed E-state index contributed by atoms with van der Waals surface area (Å²) in [6, 6.07) is 12.3. The minimum absolute atomic E-state index is 0.295. The number of aldehydes is 1. The Labute approximate surface area is 187 Å². The summed E-state index contributed by atoms with van der Waals surface area (Å²) in [4.78, 5) is 20.1. The maximum Gasteiger partial charge on any atom is 0.170 e. The first-order chi connectivity index (χ1) is 15.1. The van der Waals surface area contributed by atoms with Crippen LogP contribution < -0.4 is 10.6 Å². The lowest BCUT2D eigenvalue weighted by Crippen LogP contribution is -2.15. The van der Waals surface area contributed by atoms with Crippen molar-refractivity contribution < 1.29 is 4.79 Å². The number of benzene rings is 1. The van der Waals surface area contributed by atoms with Crippen LogP contribution in [-0.4, -0.2) is 39.0 Å². The Balaban J connectivity index is 1.57. The first-order valence-corrected chi connectivity index (χ1v) is 9.98. The van der Waals surface area contributed by atoms with Crippen LogP contribution in [0.5, 0.6) is 0 Å². The Morgan fingerprint density at radius 2 is 1.97 bits per heavy atom. The van der Waals surface area contributed by atoms with Gasteiger partial charge in [0.25, 0.3) is 0 Å². The molecule has 0 amide bonds. The van der Waals surface area contributed by atoms with Crippen LogP contribution in [0.1, 0.15) is 16.1 Å². The van der Waals surface area contributed by atoms with Crippen LogP contribution in [0.4, 0.5) is 11.6 Å². The molecule has 4 aromatic rings. The van der Waals surface area contributed by atoms with Gasteiger partial charge < -0.3 is 10.6 Å². The van der Waals surface area contributed by atoms with E-state index in [1.54, 1.807) is 47.1 Å². The number of fused-ring (bicyclic) bond motifs is 1. The van der Waals surface area contributed by atoms with Gasteiger partial charge in [0, 0.05) is 29.9 Å². The van der Waals surface area contributed by atoms with E-state index in [2.05, 4.69) is 25.7 Å². The van der Waals surface area contributed by atoms with Crippen LogP contribution in [0.25, 0.3) is 16.8 Å². The molecule has 0 fully saturated rings. The summed E-state index contributed by atoms with van der Waals surface area (Å²) in [7, 11) is 0. The molecule has 0 aliphatic carbocycles. The van der Waals surface area contributed by atoms with Crippen molar-refractivity contribution in [1.82, 2.24) is 19.6 Å². The van der Waals surface area contributed by atoms with Gasteiger partial charge in [0.2, 0.25) is 0 Å². The molecule has 0 atom stereocenters. The van der Waals surface area contributed by atoms with E-state index in [0.29, 0.717) is 69.1 Å². The van der Waals surface area contributed by atoms with E-state index in [-0.39, 0.29) is 0 Å². The van der Waals surface area contributed by atoms with Crippen LogP contribution in [0.15, 0.2) is 48.8 Å². The lowest BCUT2D eigenvalue weighted by Gasteiger charge is -2.12.